The number of hydrogen-bond donors (Lipinski definition) is 21. The molecular formula is C89H142Cl2N12O24S. The second-order valence-corrected chi connectivity index (χ2v) is 42.9. The van der Waals surface area contributed by atoms with Gasteiger partial charge in [0, 0.05) is 56.6 Å². The van der Waals surface area contributed by atoms with Crippen molar-refractivity contribution < 1.29 is 116 Å². The number of nitrogens with one attached hydrogen (secondary N) is 10. The van der Waals surface area contributed by atoms with Crippen LogP contribution in [-0.4, -0.2) is 285 Å². The van der Waals surface area contributed by atoms with Gasteiger partial charge in [0.25, 0.3) is 0 Å². The van der Waals surface area contributed by atoms with E-state index in [2.05, 4.69) is 59.5 Å². The van der Waals surface area contributed by atoms with E-state index in [1.165, 1.54) is 19.2 Å². The third kappa shape index (κ3) is 23.6. The molecule has 0 spiro atoms. The van der Waals surface area contributed by atoms with Gasteiger partial charge in [-0.05, 0) is 212 Å². The number of ether oxygens (including phenoxy) is 5. The highest BCUT2D eigenvalue weighted by molar-refractivity contribution is 7.89. The number of aliphatic hydroxyl groups excluding tert-OH is 9. The zero-order valence-electron chi connectivity index (χ0n) is 74.2. The molecule has 6 aliphatic heterocycles. The van der Waals surface area contributed by atoms with Gasteiger partial charge in [-0.2, -0.15) is 0 Å². The molecule has 0 aromatic heterocycles. The average Bonchev–Trinajstić information content (AvgIpc) is 0.759. The van der Waals surface area contributed by atoms with Gasteiger partial charge in [0.2, 0.25) is 63.0 Å². The lowest BCUT2D eigenvalue weighted by Gasteiger charge is -2.55. The Bertz CT molecular complexity index is 4060. The second kappa shape index (κ2) is 44.2. The minimum absolute atomic E-state index is 0.00102. The van der Waals surface area contributed by atoms with Gasteiger partial charge in [-0.15, -0.1) is 23.2 Å². The van der Waals surface area contributed by atoms with E-state index in [4.69, 9.17) is 58.4 Å². The molecule has 16 rings (SSSR count). The number of fused-ring (bicyclic) bond motifs is 15. The van der Waals surface area contributed by atoms with E-state index >= 15 is 28.8 Å². The maximum absolute atomic E-state index is 16.7. The van der Waals surface area contributed by atoms with E-state index in [9.17, 15) is 64.0 Å². The van der Waals surface area contributed by atoms with Crippen LogP contribution in [0, 0.1) is 76.9 Å². The minimum atomic E-state index is -3.69. The number of hydrogen-bond acceptors (Lipinski definition) is 27. The van der Waals surface area contributed by atoms with Gasteiger partial charge in [-0.25, -0.2) is 13.1 Å². The summed E-state index contributed by atoms with van der Waals surface area (Å²) in [6, 6.07) is -11.0. The number of amides is 8. The van der Waals surface area contributed by atoms with Crippen LogP contribution < -0.4 is 78.3 Å². The number of carbonyl (C=O) groups excluding carboxylic acids is 8. The molecule has 9 aliphatic carbocycles. The molecule has 9 saturated carbocycles. The molecule has 11 fully saturated rings. The topological polar surface area (TPSA) is 571 Å². The maximum atomic E-state index is 16.7. The van der Waals surface area contributed by atoms with Gasteiger partial charge in [0.15, 0.2) is 17.8 Å². The molecule has 23 N–H and O–H groups in total. The number of rotatable bonds is 29. The lowest BCUT2D eigenvalue weighted by Crippen LogP contribution is -2.68. The fourth-order valence-electron chi connectivity index (χ4n) is 23.7. The Hall–Kier alpha value is -5.69. The Kier molecular flexibility index (Phi) is 34.5. The van der Waals surface area contributed by atoms with E-state index in [-0.39, 0.29) is 155 Å². The number of unbranched alkanes of at least 4 members (excludes halogenated alkanes) is 7. The van der Waals surface area contributed by atoms with Crippen LogP contribution in [0.4, 0.5) is 0 Å². The summed E-state index contributed by atoms with van der Waals surface area (Å²) in [7, 11) is -2.15. The van der Waals surface area contributed by atoms with Crippen molar-refractivity contribution in [2.24, 2.45) is 88.4 Å². The van der Waals surface area contributed by atoms with Crippen molar-refractivity contribution in [3.05, 3.63) is 17.7 Å². The predicted octanol–water partition coefficient (Wildman–Crippen LogP) is -0.119. The number of benzene rings is 1. The lowest BCUT2D eigenvalue weighted by molar-refractivity contribution is -0.278. The standard InChI is InChI=1S/C89H142Cl2N12O24S/c1-6-7-8-9-10-11-12-13-22-128(121,122)96-21-20-95-38-53-60(106)35-52-68(79(53)112)51-29-44(14-17-59(51)105)70-85(116)103-74(89(120)101-72(52)87(118)98-69-47-25-42-24-43(27-47)28-48(69)26-42)77(110)46-16-19-62(55(91)31-46)125-64-33-49-32-63(81(64)126-65-34-50(39-104)78(111)80(113)82(65)127-67-36-56(92)75(108)41(4)123-67)124-61-18-15-45(30-54(61)90)76(109)73(102-83(114)57(94-5)23-40(2)3)88(119)97-58(37-66(93)107)84(115)99-71(49)86(117)100-70/h32-33,40-48,50-62,65,67-80,82,94-96,104-106,108-113H,6-31,34-39,92H2,1-5H3,(H2,93,107)(H,97,119)(H,98,118)(H,99,115)(H,100,117)(H,101,120)(H,102,114)(H,103,116)/t41-,42?,43?,44-,45-,46-,47?,48?,50+,51?,52?,53?,54+,55?,56-,57+,58-,59+,60?,61+,62+,65+,67-,68?,69?,70+,71+,72-,73+,74-,75+,76+,77+,78+,79-,80-,82-/m0/s1. The van der Waals surface area contributed by atoms with Crippen molar-refractivity contribution in [1.29, 1.82) is 0 Å². The van der Waals surface area contributed by atoms with Crippen LogP contribution in [0.25, 0.3) is 0 Å². The summed E-state index contributed by atoms with van der Waals surface area (Å²) in [6.07, 6.45) is -9.58. The summed E-state index contributed by atoms with van der Waals surface area (Å²) < 4.78 is 63.3. The lowest BCUT2D eigenvalue weighted by atomic mass is 9.54. The monoisotopic (exact) mass is 1860 g/mol. The molecule has 15 aliphatic rings. The molecule has 6 heterocycles. The number of carbonyl (C=O) groups is 8. The molecule has 1 aromatic carbocycles. The van der Waals surface area contributed by atoms with Gasteiger partial charge in [0.1, 0.15) is 66.8 Å². The van der Waals surface area contributed by atoms with Crippen molar-refractivity contribution in [3.8, 4) is 17.2 Å². The largest absolute Gasteiger partial charge is 0.485 e. The molecule has 1 aromatic rings. The summed E-state index contributed by atoms with van der Waals surface area (Å²) in [5, 5.41) is 134. The van der Waals surface area contributed by atoms with E-state index in [0.29, 0.717) is 18.3 Å². The highest BCUT2D eigenvalue weighted by Gasteiger charge is 2.58. The number of alkyl halides is 2. The molecule has 32 atom stereocenters. The Morgan fingerprint density at radius 3 is 1.85 bits per heavy atom. The molecule has 0 radical (unpaired) electrons. The van der Waals surface area contributed by atoms with Crippen molar-refractivity contribution in [2.45, 2.75) is 352 Å². The molecule has 6 unspecified atom stereocenters. The van der Waals surface area contributed by atoms with Crippen LogP contribution >= 0.6 is 23.2 Å². The number of aliphatic hydroxyl groups is 9. The smallest absolute Gasteiger partial charge is 0.247 e. The highest BCUT2D eigenvalue weighted by Crippen LogP contribution is 2.55. The van der Waals surface area contributed by atoms with Crippen LogP contribution in [0.15, 0.2) is 12.1 Å². The summed E-state index contributed by atoms with van der Waals surface area (Å²) in [4.78, 5) is 124. The Morgan fingerprint density at radius 2 is 1.24 bits per heavy atom. The van der Waals surface area contributed by atoms with E-state index < -0.39 is 262 Å². The van der Waals surface area contributed by atoms with Gasteiger partial charge in [-0.1, -0.05) is 65.7 Å². The Labute approximate surface area is 759 Å². The fraction of sp³-hybridized carbons (Fsp3) is 0.843. The molecule has 128 heavy (non-hydrogen) atoms. The molecule has 36 nitrogen and oxygen atoms in total. The SMILES string of the molecule is CCCCCCCCCCS(=O)(=O)NCCNCC1C(O)CC2C(C3C[C@H](CC[C@H]3O)[C@H]3NC(=O)[C@@H]4NC(=O)[C@H](CC(N)=O)NC(=O)[C@H](NC(=O)[C@@H](CC(C)C)NC)[C@H](O)[C@H]5CC[C@@H](Oc6cc4cc(c6O[C@@H]4C[C@H](CO)[C@@H](O)[C@H](O)[C@H]4O[C@H]4C[C@H](N)[C@H](O)[C@H](C)O4)O[C@@H]4CC[C@@H](CC4Cl)[C@@H](O)[C@H](NC3=O)C(=O)N[C@@H]2C(=O)NC2C3CC4CC(C3)CC2C4)[C@H](Cl)C5)[C@H]1O. The summed E-state index contributed by atoms with van der Waals surface area (Å²) in [5.41, 5.74) is 12.1. The first-order valence-electron chi connectivity index (χ1n) is 47.3. The van der Waals surface area contributed by atoms with E-state index in [1.807, 2.05) is 13.8 Å². The minimum Gasteiger partial charge on any atom is -0.485 e. The second-order valence-electron chi connectivity index (χ2n) is 39.8. The van der Waals surface area contributed by atoms with Gasteiger partial charge in [-0.3, -0.25) is 38.4 Å². The summed E-state index contributed by atoms with van der Waals surface area (Å²) in [6.45, 7) is 6.69. The number of primary amides is 1. The Morgan fingerprint density at radius 1 is 0.625 bits per heavy atom. The van der Waals surface area contributed by atoms with E-state index in [1.54, 1.807) is 6.92 Å². The van der Waals surface area contributed by atoms with Crippen molar-refractivity contribution in [2.75, 3.05) is 39.0 Å². The van der Waals surface area contributed by atoms with Crippen LogP contribution in [0.1, 0.15) is 213 Å². The first kappa shape index (κ1) is 99.8. The number of likely N-dealkylation sites (N-methyl/N-ethyl adjacent to an activating group) is 1. The number of sulfonamides is 1. The van der Waals surface area contributed by atoms with Crippen molar-refractivity contribution in [3.63, 3.8) is 0 Å². The molecule has 39 heteroatoms. The number of nitrogens with two attached hydrogens (primary N) is 2. The van der Waals surface area contributed by atoms with Gasteiger partial charge < -0.3 is 129 Å². The van der Waals surface area contributed by atoms with Crippen LogP contribution in [0.2, 0.25) is 0 Å². The van der Waals surface area contributed by atoms with Crippen molar-refractivity contribution in [1.82, 2.24) is 52.6 Å². The van der Waals surface area contributed by atoms with Crippen LogP contribution in [0.5, 0.6) is 17.2 Å². The fourth-order valence-corrected chi connectivity index (χ4v) is 25.6. The molecule has 722 valence electrons. The first-order valence-corrected chi connectivity index (χ1v) is 49.9. The van der Waals surface area contributed by atoms with Gasteiger partial charge >= 0.3 is 0 Å². The third-order valence-corrected chi connectivity index (χ3v) is 32.8. The molecule has 15 bridgehead atoms. The third-order valence-electron chi connectivity index (χ3n) is 30.4. The maximum Gasteiger partial charge on any atom is 0.247 e. The average molecular weight is 1870 g/mol. The molecule has 2 saturated heterocycles. The molecular weight excluding hydrogens is 1720 g/mol. The van der Waals surface area contributed by atoms with Gasteiger partial charge in [0.05, 0.1) is 77.8 Å². The summed E-state index contributed by atoms with van der Waals surface area (Å²) in [5.74, 6) is -16.8. The van der Waals surface area contributed by atoms with Crippen LogP contribution in [0.3, 0.4) is 0 Å². The van der Waals surface area contributed by atoms with Crippen molar-refractivity contribution >= 4 is 80.5 Å². The normalized spacial score (nSPS) is 40.7. The zero-order chi connectivity index (χ0) is 92.0. The Balaban J connectivity index is 0.919. The van der Waals surface area contributed by atoms with E-state index in [0.717, 1.165) is 77.0 Å². The van der Waals surface area contributed by atoms with Crippen LogP contribution in [-0.2, 0) is 57.9 Å². The zero-order valence-corrected chi connectivity index (χ0v) is 76.5. The molecule has 8 amide bonds. The first-order chi connectivity index (χ1) is 61.0. The predicted molar refractivity (Wildman–Crippen MR) is 468 cm³/mol. The highest BCUT2D eigenvalue weighted by atomic mass is 35.5. The summed E-state index contributed by atoms with van der Waals surface area (Å²) >= 11 is 15.1. The quantitative estimate of drug-likeness (QED) is 0.0367. The number of halogens is 2.